The minimum atomic E-state index is -0.442. The highest BCUT2D eigenvalue weighted by Gasteiger charge is 2.27. The fourth-order valence-electron chi connectivity index (χ4n) is 4.60. The van der Waals surface area contributed by atoms with Crippen LogP contribution in [0.3, 0.4) is 0 Å². The summed E-state index contributed by atoms with van der Waals surface area (Å²) in [6.07, 6.45) is 3.94. The number of benzene rings is 2. The van der Waals surface area contributed by atoms with Crippen molar-refractivity contribution in [1.82, 2.24) is 4.90 Å². The summed E-state index contributed by atoms with van der Waals surface area (Å²) < 4.78 is 17.9. The van der Waals surface area contributed by atoms with Gasteiger partial charge in [-0.3, -0.25) is 4.79 Å². The second kappa shape index (κ2) is 8.27. The van der Waals surface area contributed by atoms with E-state index in [9.17, 15) is 4.79 Å². The highest BCUT2D eigenvalue weighted by atomic mass is 16.5. The first-order chi connectivity index (χ1) is 15.9. The van der Waals surface area contributed by atoms with E-state index in [0.29, 0.717) is 28.2 Å². The van der Waals surface area contributed by atoms with Crippen molar-refractivity contribution in [1.29, 1.82) is 0 Å². The fraction of sp³-hybridized carbons (Fsp3) is 0.370. The summed E-state index contributed by atoms with van der Waals surface area (Å²) in [7, 11) is 1.55. The Kier molecular flexibility index (Phi) is 5.41. The van der Waals surface area contributed by atoms with Crippen LogP contribution in [0.2, 0.25) is 0 Å². The third-order valence-corrected chi connectivity index (χ3v) is 6.55. The van der Waals surface area contributed by atoms with E-state index in [1.165, 1.54) is 5.69 Å². The number of hydrogen-bond donors (Lipinski definition) is 0. The van der Waals surface area contributed by atoms with Crippen LogP contribution in [-0.4, -0.2) is 50.3 Å². The van der Waals surface area contributed by atoms with Gasteiger partial charge in [-0.2, -0.15) is 0 Å². The van der Waals surface area contributed by atoms with Crippen LogP contribution >= 0.6 is 0 Å². The molecule has 0 saturated carbocycles. The van der Waals surface area contributed by atoms with Crippen molar-refractivity contribution in [2.45, 2.75) is 26.4 Å². The van der Waals surface area contributed by atoms with Gasteiger partial charge in [-0.1, -0.05) is 6.92 Å². The van der Waals surface area contributed by atoms with Crippen LogP contribution in [0.1, 0.15) is 26.3 Å². The second-order valence-electron chi connectivity index (χ2n) is 9.18. The molecule has 0 spiro atoms. The number of likely N-dealkylation sites (N-methyl/N-ethyl adjacent to an activating group) is 1. The Hall–Kier alpha value is -3.25. The minimum Gasteiger partial charge on any atom is -0.496 e. The zero-order chi connectivity index (χ0) is 23.2. The lowest BCUT2D eigenvalue weighted by atomic mass is 9.99. The highest BCUT2D eigenvalue weighted by Crippen LogP contribution is 2.41. The molecule has 2 aromatic carbocycles. The lowest BCUT2D eigenvalue weighted by Gasteiger charge is -2.35. The highest BCUT2D eigenvalue weighted by molar-refractivity contribution is 5.94. The van der Waals surface area contributed by atoms with E-state index >= 15 is 0 Å². The smallest absolute Gasteiger partial charge is 0.197 e. The average Bonchev–Trinajstić information content (AvgIpc) is 2.82. The largest absolute Gasteiger partial charge is 0.496 e. The zero-order valence-electron chi connectivity index (χ0n) is 19.7. The lowest BCUT2D eigenvalue weighted by Crippen LogP contribution is -2.46. The number of fused-ring (bicyclic) bond motifs is 3. The fourth-order valence-corrected chi connectivity index (χ4v) is 4.60. The molecule has 2 aliphatic heterocycles. The lowest BCUT2D eigenvalue weighted by molar-refractivity contribution is 0.158. The van der Waals surface area contributed by atoms with Gasteiger partial charge in [0.1, 0.15) is 28.2 Å². The van der Waals surface area contributed by atoms with Gasteiger partial charge in [-0.05, 0) is 56.8 Å². The molecule has 6 heteroatoms. The minimum absolute atomic E-state index is 0.135. The number of nitrogens with zero attached hydrogens (tertiary/aromatic N) is 2. The maximum absolute atomic E-state index is 13.1. The normalized spacial score (nSPS) is 17.6. The van der Waals surface area contributed by atoms with Crippen LogP contribution in [0, 0.1) is 0 Å². The molecule has 1 saturated heterocycles. The number of piperazine rings is 1. The molecule has 1 aromatic heterocycles. The molecule has 2 aliphatic rings. The van der Waals surface area contributed by atoms with Gasteiger partial charge in [-0.15, -0.1) is 0 Å². The van der Waals surface area contributed by atoms with Crippen LogP contribution in [0.4, 0.5) is 5.69 Å². The number of ether oxygens (including phenoxy) is 2. The van der Waals surface area contributed by atoms with Gasteiger partial charge in [0.25, 0.3) is 0 Å². The maximum Gasteiger partial charge on any atom is 0.197 e. The van der Waals surface area contributed by atoms with Crippen molar-refractivity contribution < 1.29 is 13.9 Å². The van der Waals surface area contributed by atoms with Gasteiger partial charge in [-0.25, -0.2) is 0 Å². The summed E-state index contributed by atoms with van der Waals surface area (Å²) in [4.78, 5) is 18.0. The van der Waals surface area contributed by atoms with E-state index in [4.69, 9.17) is 13.9 Å². The quantitative estimate of drug-likeness (QED) is 0.574. The van der Waals surface area contributed by atoms with Gasteiger partial charge >= 0.3 is 0 Å². The van der Waals surface area contributed by atoms with Gasteiger partial charge in [0, 0.05) is 49.6 Å². The van der Waals surface area contributed by atoms with Crippen molar-refractivity contribution in [3.8, 4) is 22.8 Å². The average molecular weight is 447 g/mol. The number of rotatable bonds is 4. The summed E-state index contributed by atoms with van der Waals surface area (Å²) in [5.74, 6) is 1.63. The second-order valence-corrected chi connectivity index (χ2v) is 9.18. The Bertz CT molecular complexity index is 1270. The molecular formula is C27H30N2O4. The van der Waals surface area contributed by atoms with Gasteiger partial charge in [0.05, 0.1) is 12.7 Å². The van der Waals surface area contributed by atoms with E-state index in [1.54, 1.807) is 19.2 Å². The number of anilines is 1. The first-order valence-electron chi connectivity index (χ1n) is 11.5. The SMILES string of the molecule is CCN1CCN(c2ccc(-c3cc(=O)c4c(OC)cc5c(c4o3)C=CC(C)(C)O5)cc2)CC1. The molecule has 0 aliphatic carbocycles. The molecule has 6 nitrogen and oxygen atoms in total. The summed E-state index contributed by atoms with van der Waals surface area (Å²) in [5.41, 5.74) is 2.72. The Morgan fingerprint density at radius 1 is 1.06 bits per heavy atom. The Balaban J connectivity index is 1.54. The molecule has 0 bridgehead atoms. The molecule has 3 heterocycles. The predicted molar refractivity (Wildman–Crippen MR) is 133 cm³/mol. The van der Waals surface area contributed by atoms with Gasteiger partial charge < -0.3 is 23.7 Å². The van der Waals surface area contributed by atoms with Gasteiger partial charge in [0.15, 0.2) is 11.0 Å². The van der Waals surface area contributed by atoms with E-state index in [0.717, 1.165) is 43.9 Å². The monoisotopic (exact) mass is 446 g/mol. The molecule has 0 unspecified atom stereocenters. The number of hydrogen-bond acceptors (Lipinski definition) is 6. The predicted octanol–water partition coefficient (Wildman–Crippen LogP) is 4.79. The van der Waals surface area contributed by atoms with E-state index in [-0.39, 0.29) is 5.43 Å². The van der Waals surface area contributed by atoms with Crippen molar-refractivity contribution in [3.05, 3.63) is 58.3 Å². The van der Waals surface area contributed by atoms with Crippen LogP contribution in [-0.2, 0) is 0 Å². The van der Waals surface area contributed by atoms with Crippen molar-refractivity contribution in [3.63, 3.8) is 0 Å². The maximum atomic E-state index is 13.1. The van der Waals surface area contributed by atoms with Crippen molar-refractivity contribution in [2.75, 3.05) is 44.7 Å². The zero-order valence-corrected chi connectivity index (χ0v) is 19.7. The molecule has 0 radical (unpaired) electrons. The molecule has 172 valence electrons. The third-order valence-electron chi connectivity index (χ3n) is 6.55. The summed E-state index contributed by atoms with van der Waals surface area (Å²) >= 11 is 0. The molecule has 3 aromatic rings. The van der Waals surface area contributed by atoms with Crippen LogP contribution < -0.4 is 19.8 Å². The molecule has 0 N–H and O–H groups in total. The Morgan fingerprint density at radius 2 is 1.79 bits per heavy atom. The van der Waals surface area contributed by atoms with Crippen molar-refractivity contribution in [2.24, 2.45) is 0 Å². The summed E-state index contributed by atoms with van der Waals surface area (Å²) in [5, 5.41) is 0.429. The Labute approximate surface area is 194 Å². The van der Waals surface area contributed by atoms with Crippen molar-refractivity contribution >= 4 is 22.7 Å². The van der Waals surface area contributed by atoms with Gasteiger partial charge in [0.2, 0.25) is 0 Å². The molecule has 0 amide bonds. The standard InChI is InChI=1S/C27H30N2O4/c1-5-28-12-14-29(15-13-28)19-8-6-18(7-9-19)22-16-21(30)25-24(31-4)17-23-20(26(25)32-22)10-11-27(2,3)33-23/h6-11,16-17H,5,12-15H2,1-4H3. The van der Waals surface area contributed by atoms with E-state index in [2.05, 4.69) is 28.9 Å². The van der Waals surface area contributed by atoms with Crippen LogP contribution in [0.15, 0.2) is 51.7 Å². The summed E-state index contributed by atoms with van der Waals surface area (Å²) in [6, 6.07) is 11.6. The topological polar surface area (TPSA) is 55.2 Å². The Morgan fingerprint density at radius 3 is 2.45 bits per heavy atom. The van der Waals surface area contributed by atoms with Crippen LogP contribution in [0.25, 0.3) is 28.4 Å². The molecule has 33 heavy (non-hydrogen) atoms. The third kappa shape index (κ3) is 4.00. The van der Waals surface area contributed by atoms with Crippen LogP contribution in [0.5, 0.6) is 11.5 Å². The molecule has 5 rings (SSSR count). The first-order valence-corrected chi connectivity index (χ1v) is 11.5. The summed E-state index contributed by atoms with van der Waals surface area (Å²) in [6.45, 7) is 11.5. The van der Waals surface area contributed by atoms with E-state index in [1.807, 2.05) is 38.1 Å². The first kappa shape index (κ1) is 21.6. The molecule has 0 atom stereocenters. The molecule has 1 fully saturated rings. The molecular weight excluding hydrogens is 416 g/mol. The van der Waals surface area contributed by atoms with E-state index < -0.39 is 5.60 Å². The number of methoxy groups -OCH3 is 1.